The van der Waals surface area contributed by atoms with E-state index in [0.717, 1.165) is 0 Å². The summed E-state index contributed by atoms with van der Waals surface area (Å²) in [4.78, 5) is 22.4. The lowest BCUT2D eigenvalue weighted by Crippen LogP contribution is -2.54. The monoisotopic (exact) mass is 306 g/mol. The van der Waals surface area contributed by atoms with Gasteiger partial charge in [-0.2, -0.15) is 0 Å². The second-order valence-corrected chi connectivity index (χ2v) is 6.15. The third-order valence-electron chi connectivity index (χ3n) is 3.13. The molecule has 0 aliphatic heterocycles. The van der Waals surface area contributed by atoms with Crippen LogP contribution in [0.1, 0.15) is 53.4 Å². The highest BCUT2D eigenvalue weighted by atomic mass is 16.7. The second-order valence-electron chi connectivity index (χ2n) is 6.15. The molecule has 0 amide bonds. The Morgan fingerprint density at radius 3 is 1.33 bits per heavy atom. The fraction of sp³-hybridized carbons (Fsp3) is 0.857. The van der Waals surface area contributed by atoms with Crippen molar-refractivity contribution in [3.8, 4) is 0 Å². The number of ether oxygens (including phenoxy) is 1. The van der Waals surface area contributed by atoms with Crippen molar-refractivity contribution >= 4 is 11.9 Å². The van der Waals surface area contributed by atoms with Crippen LogP contribution in [0.25, 0.3) is 0 Å². The molecule has 4 N–H and O–H groups in total. The Hall–Kier alpha value is -1.18. The first-order valence-electron chi connectivity index (χ1n) is 7.04. The Labute approximate surface area is 124 Å². The molecule has 0 bridgehead atoms. The quantitative estimate of drug-likeness (QED) is 0.450. The Balaban J connectivity index is 5.14. The SMILES string of the molecule is CC(C)CCC(O)(OC(O)(CCC(C)C)C(=O)O)C(=O)O. The molecule has 0 aromatic rings. The van der Waals surface area contributed by atoms with Crippen molar-refractivity contribution in [2.24, 2.45) is 11.8 Å². The number of aliphatic carboxylic acids is 2. The lowest BCUT2D eigenvalue weighted by molar-refractivity contribution is -0.322. The number of aliphatic hydroxyl groups is 2. The van der Waals surface area contributed by atoms with Gasteiger partial charge in [0.25, 0.3) is 11.6 Å². The molecule has 0 aliphatic rings. The topological polar surface area (TPSA) is 124 Å². The molecule has 0 spiro atoms. The smallest absolute Gasteiger partial charge is 0.364 e. The van der Waals surface area contributed by atoms with Gasteiger partial charge >= 0.3 is 11.9 Å². The molecule has 0 saturated carbocycles. The maximum atomic E-state index is 11.2. The van der Waals surface area contributed by atoms with E-state index in [-0.39, 0.29) is 24.7 Å². The van der Waals surface area contributed by atoms with Gasteiger partial charge in [0, 0.05) is 12.8 Å². The maximum absolute atomic E-state index is 11.2. The average Bonchev–Trinajstić information content (AvgIpc) is 2.33. The van der Waals surface area contributed by atoms with Gasteiger partial charge in [-0.3, -0.25) is 4.74 Å². The molecule has 0 rings (SSSR count). The summed E-state index contributed by atoms with van der Waals surface area (Å²) in [6.07, 6.45) is -0.000103. The van der Waals surface area contributed by atoms with Gasteiger partial charge < -0.3 is 20.4 Å². The van der Waals surface area contributed by atoms with Crippen molar-refractivity contribution in [3.05, 3.63) is 0 Å². The van der Waals surface area contributed by atoms with Gasteiger partial charge in [-0.15, -0.1) is 0 Å². The average molecular weight is 306 g/mol. The molecule has 0 saturated heterocycles. The number of hydrogen-bond acceptors (Lipinski definition) is 5. The molecular formula is C14H26O7. The molecule has 0 radical (unpaired) electrons. The number of rotatable bonds is 10. The molecule has 21 heavy (non-hydrogen) atoms. The number of carbonyl (C=O) groups is 2. The van der Waals surface area contributed by atoms with Crippen LogP contribution < -0.4 is 0 Å². The van der Waals surface area contributed by atoms with E-state index in [9.17, 15) is 19.8 Å². The molecule has 2 unspecified atom stereocenters. The maximum Gasteiger partial charge on any atom is 0.364 e. The highest BCUT2D eigenvalue weighted by Crippen LogP contribution is 2.28. The molecule has 2 atom stereocenters. The van der Waals surface area contributed by atoms with Crippen molar-refractivity contribution in [2.75, 3.05) is 0 Å². The fourth-order valence-electron chi connectivity index (χ4n) is 1.65. The highest BCUT2D eigenvalue weighted by molar-refractivity contribution is 5.78. The zero-order valence-corrected chi connectivity index (χ0v) is 13.0. The molecule has 124 valence electrons. The minimum absolute atomic E-state index is 0.0908. The summed E-state index contributed by atoms with van der Waals surface area (Å²) < 4.78 is 4.76. The van der Waals surface area contributed by atoms with Gasteiger partial charge in [-0.25, -0.2) is 9.59 Å². The molecule has 7 nitrogen and oxygen atoms in total. The Kier molecular flexibility index (Phi) is 7.29. The summed E-state index contributed by atoms with van der Waals surface area (Å²) in [5.41, 5.74) is 0. The summed E-state index contributed by atoms with van der Waals surface area (Å²) in [5, 5.41) is 38.3. The van der Waals surface area contributed by atoms with Crippen LogP contribution in [0.3, 0.4) is 0 Å². The first-order chi connectivity index (χ1) is 9.43. The minimum Gasteiger partial charge on any atom is -0.477 e. The Morgan fingerprint density at radius 1 is 0.857 bits per heavy atom. The highest BCUT2D eigenvalue weighted by Gasteiger charge is 2.49. The van der Waals surface area contributed by atoms with Crippen molar-refractivity contribution in [3.63, 3.8) is 0 Å². The molecule has 0 heterocycles. The van der Waals surface area contributed by atoms with Gasteiger partial charge in [0.1, 0.15) is 0 Å². The number of hydrogen-bond donors (Lipinski definition) is 4. The van der Waals surface area contributed by atoms with E-state index in [1.807, 2.05) is 27.7 Å². The Bertz CT molecular complexity index is 332. The minimum atomic E-state index is -2.73. The van der Waals surface area contributed by atoms with Crippen molar-refractivity contribution in [1.29, 1.82) is 0 Å². The predicted octanol–water partition coefficient (Wildman–Crippen LogP) is 1.42. The summed E-state index contributed by atoms with van der Waals surface area (Å²) in [5.74, 6) is -8.70. The van der Waals surface area contributed by atoms with E-state index >= 15 is 0 Å². The van der Waals surface area contributed by atoms with Crippen LogP contribution in [0, 0.1) is 11.8 Å². The normalized spacial score (nSPS) is 17.5. The number of carboxylic acids is 2. The van der Waals surface area contributed by atoms with Crippen LogP contribution in [0.4, 0.5) is 0 Å². The van der Waals surface area contributed by atoms with Crippen molar-refractivity contribution < 1.29 is 34.8 Å². The van der Waals surface area contributed by atoms with E-state index < -0.39 is 23.5 Å². The second kappa shape index (κ2) is 7.72. The predicted molar refractivity (Wildman–Crippen MR) is 74.4 cm³/mol. The van der Waals surface area contributed by atoms with Gasteiger partial charge in [0.05, 0.1) is 0 Å². The van der Waals surface area contributed by atoms with Crippen LogP contribution >= 0.6 is 0 Å². The van der Waals surface area contributed by atoms with Crippen molar-refractivity contribution in [2.45, 2.75) is 65.0 Å². The Morgan fingerprint density at radius 2 is 1.14 bits per heavy atom. The molecule has 0 aromatic carbocycles. The first kappa shape index (κ1) is 19.8. The third-order valence-corrected chi connectivity index (χ3v) is 3.13. The molecule has 0 aromatic heterocycles. The number of carboxylic acid groups (broad SMARTS) is 2. The summed E-state index contributed by atoms with van der Waals surface area (Å²) in [7, 11) is 0. The van der Waals surface area contributed by atoms with Crippen LogP contribution in [-0.4, -0.2) is 43.9 Å². The van der Waals surface area contributed by atoms with Gasteiger partial charge in [0.15, 0.2) is 0 Å². The van der Waals surface area contributed by atoms with Crippen molar-refractivity contribution in [1.82, 2.24) is 0 Å². The van der Waals surface area contributed by atoms with Crippen LogP contribution in [0.15, 0.2) is 0 Å². The zero-order chi connectivity index (χ0) is 16.8. The fourth-order valence-corrected chi connectivity index (χ4v) is 1.65. The lowest BCUT2D eigenvalue weighted by Gasteiger charge is -2.33. The molecular weight excluding hydrogens is 280 g/mol. The van der Waals surface area contributed by atoms with E-state index in [1.165, 1.54) is 0 Å². The first-order valence-corrected chi connectivity index (χ1v) is 7.04. The lowest BCUT2D eigenvalue weighted by atomic mass is 10.00. The standard InChI is InChI=1S/C14H26O7/c1-9(2)5-7-13(19,11(15)16)21-14(20,12(17)18)8-6-10(3)4/h9-10,19-20H,5-8H2,1-4H3,(H,15,16)(H,17,18). The third kappa shape index (κ3) is 6.41. The zero-order valence-electron chi connectivity index (χ0n) is 13.0. The van der Waals surface area contributed by atoms with Gasteiger partial charge in [0.2, 0.25) is 0 Å². The van der Waals surface area contributed by atoms with Gasteiger partial charge in [-0.1, -0.05) is 27.7 Å². The van der Waals surface area contributed by atoms with Crippen LogP contribution in [0.5, 0.6) is 0 Å². The summed E-state index contributed by atoms with van der Waals surface area (Å²) >= 11 is 0. The molecule has 0 aliphatic carbocycles. The van der Waals surface area contributed by atoms with Gasteiger partial charge in [-0.05, 0) is 24.7 Å². The van der Waals surface area contributed by atoms with Crippen LogP contribution in [0.2, 0.25) is 0 Å². The van der Waals surface area contributed by atoms with Crippen LogP contribution in [-0.2, 0) is 14.3 Å². The largest absolute Gasteiger partial charge is 0.477 e. The van der Waals surface area contributed by atoms with E-state index in [0.29, 0.717) is 12.8 Å². The summed E-state index contributed by atoms with van der Waals surface area (Å²) in [6.45, 7) is 7.30. The summed E-state index contributed by atoms with van der Waals surface area (Å²) in [6, 6.07) is 0. The van der Waals surface area contributed by atoms with E-state index in [2.05, 4.69) is 0 Å². The van der Waals surface area contributed by atoms with E-state index in [4.69, 9.17) is 14.9 Å². The van der Waals surface area contributed by atoms with E-state index in [1.54, 1.807) is 0 Å². The molecule has 7 heteroatoms. The molecule has 0 fully saturated rings.